The first-order valence-electron chi connectivity index (χ1n) is 8.43. The average molecular weight is 382 g/mol. The van der Waals surface area contributed by atoms with E-state index in [-0.39, 0.29) is 9.79 Å². The van der Waals surface area contributed by atoms with Crippen LogP contribution in [0.4, 0.5) is 0 Å². The second-order valence-corrected chi connectivity index (χ2v) is 10.5. The molecule has 7 heteroatoms. The summed E-state index contributed by atoms with van der Waals surface area (Å²) < 4.78 is 51.2. The Kier molecular flexibility index (Phi) is 5.18. The molecule has 3 rings (SSSR count). The number of rotatable bonds is 4. The quantitative estimate of drug-likeness (QED) is 0.752. The van der Waals surface area contributed by atoms with Gasteiger partial charge >= 0.3 is 0 Å². The van der Waals surface area contributed by atoms with Crippen LogP contribution in [-0.4, -0.2) is 40.5 Å². The molecule has 0 atom stereocenters. The minimum atomic E-state index is -3.81. The van der Waals surface area contributed by atoms with Crippen molar-refractivity contribution in [3.63, 3.8) is 0 Å². The van der Waals surface area contributed by atoms with Crippen molar-refractivity contribution in [2.24, 2.45) is 11.8 Å². The molecule has 0 bridgehead atoms. The third-order valence-corrected chi connectivity index (χ3v) is 8.14. The number of benzene rings is 1. The maximum atomic E-state index is 13.0. The number of allylic oxidation sites excluding steroid dienone is 4. The fourth-order valence-electron chi connectivity index (χ4n) is 3.54. The molecule has 2 aliphatic rings. The largest absolute Gasteiger partial charge is 0.244 e. The lowest BCUT2D eigenvalue weighted by Crippen LogP contribution is -2.40. The van der Waals surface area contributed by atoms with Gasteiger partial charge in [0.25, 0.3) is 0 Å². The van der Waals surface area contributed by atoms with Gasteiger partial charge in [0, 0.05) is 19.3 Å². The second-order valence-electron chi connectivity index (χ2n) is 6.63. The van der Waals surface area contributed by atoms with Gasteiger partial charge in [0.05, 0.1) is 4.90 Å². The summed E-state index contributed by atoms with van der Waals surface area (Å²) in [7, 11) is -7.42. The van der Waals surface area contributed by atoms with Crippen molar-refractivity contribution in [2.45, 2.75) is 29.1 Å². The van der Waals surface area contributed by atoms with E-state index in [0.29, 0.717) is 24.9 Å². The molecule has 1 fully saturated rings. The topological polar surface area (TPSA) is 71.5 Å². The zero-order valence-corrected chi connectivity index (χ0v) is 15.8. The van der Waals surface area contributed by atoms with Crippen LogP contribution < -0.4 is 0 Å². The molecule has 1 aromatic rings. The maximum Gasteiger partial charge on any atom is 0.244 e. The lowest BCUT2D eigenvalue weighted by Gasteiger charge is -2.34. The zero-order valence-electron chi connectivity index (χ0n) is 14.2. The average Bonchev–Trinajstić information content (AvgIpc) is 2.62. The molecule has 1 aliphatic carbocycles. The molecule has 25 heavy (non-hydrogen) atoms. The summed E-state index contributed by atoms with van der Waals surface area (Å²) in [4.78, 5) is -0.247. The standard InChI is InChI=1S/C18H23NO4S2/c1-24(20,21)17-9-5-6-10-18(17)25(22,23)19-13-11-16(12-14-19)15-7-3-2-4-8-15/h3-10,15-16H,2,11-14H2,1H3. The summed E-state index contributed by atoms with van der Waals surface area (Å²) in [5.74, 6) is 0.811. The monoisotopic (exact) mass is 381 g/mol. The molecule has 1 saturated heterocycles. The van der Waals surface area contributed by atoms with Crippen LogP contribution in [0.25, 0.3) is 0 Å². The smallest absolute Gasteiger partial charge is 0.224 e. The van der Waals surface area contributed by atoms with Crippen LogP contribution in [0.3, 0.4) is 0 Å². The fourth-order valence-corrected chi connectivity index (χ4v) is 6.61. The van der Waals surface area contributed by atoms with E-state index < -0.39 is 19.9 Å². The number of nitrogens with zero attached hydrogens (tertiary/aromatic N) is 1. The minimum absolute atomic E-state index is 0.117. The molecule has 0 radical (unpaired) electrons. The zero-order chi connectivity index (χ0) is 18.1. The van der Waals surface area contributed by atoms with Crippen molar-refractivity contribution in [2.75, 3.05) is 19.3 Å². The van der Waals surface area contributed by atoms with Crippen LogP contribution in [0, 0.1) is 11.8 Å². The van der Waals surface area contributed by atoms with Crippen LogP contribution in [0.15, 0.2) is 58.4 Å². The number of hydrogen-bond acceptors (Lipinski definition) is 4. The molecular formula is C18H23NO4S2. The third kappa shape index (κ3) is 3.88. The van der Waals surface area contributed by atoms with Crippen molar-refractivity contribution in [3.05, 3.63) is 48.6 Å². The molecule has 1 heterocycles. The molecule has 0 unspecified atom stereocenters. The van der Waals surface area contributed by atoms with Gasteiger partial charge in [-0.3, -0.25) is 0 Å². The van der Waals surface area contributed by atoms with Crippen molar-refractivity contribution >= 4 is 19.9 Å². The molecule has 0 saturated carbocycles. The second kappa shape index (κ2) is 7.05. The van der Waals surface area contributed by atoms with E-state index in [1.807, 2.05) is 0 Å². The highest BCUT2D eigenvalue weighted by Crippen LogP contribution is 2.32. The van der Waals surface area contributed by atoms with Crippen LogP contribution in [0.1, 0.15) is 19.3 Å². The summed E-state index contributed by atoms with van der Waals surface area (Å²) in [6.45, 7) is 0.840. The Morgan fingerprint density at radius 1 is 0.920 bits per heavy atom. The van der Waals surface area contributed by atoms with E-state index in [4.69, 9.17) is 0 Å². The van der Waals surface area contributed by atoms with Crippen molar-refractivity contribution in [1.29, 1.82) is 0 Å². The number of hydrogen-bond donors (Lipinski definition) is 0. The van der Waals surface area contributed by atoms with Gasteiger partial charge in [-0.05, 0) is 43.2 Å². The highest BCUT2D eigenvalue weighted by atomic mass is 32.2. The minimum Gasteiger partial charge on any atom is -0.224 e. The summed E-state index contributed by atoms with van der Waals surface area (Å²) >= 11 is 0. The molecule has 0 aromatic heterocycles. The molecule has 1 aliphatic heterocycles. The maximum absolute atomic E-state index is 13.0. The number of sulfonamides is 1. The summed E-state index contributed by atoms with van der Waals surface area (Å²) in [6.07, 6.45) is 12.3. The third-order valence-electron chi connectivity index (χ3n) is 4.90. The predicted octanol–water partition coefficient (Wildman–Crippen LogP) is 2.62. The number of piperidine rings is 1. The molecule has 0 N–H and O–H groups in total. The van der Waals surface area contributed by atoms with Gasteiger partial charge in [0.15, 0.2) is 9.84 Å². The summed E-state index contributed by atoms with van der Waals surface area (Å²) in [6, 6.07) is 5.84. The molecule has 1 aromatic carbocycles. The van der Waals surface area contributed by atoms with Gasteiger partial charge in [-0.15, -0.1) is 0 Å². The first-order valence-corrected chi connectivity index (χ1v) is 11.8. The van der Waals surface area contributed by atoms with Gasteiger partial charge in [0.2, 0.25) is 10.0 Å². The first-order chi connectivity index (χ1) is 11.8. The normalized spacial score (nSPS) is 20.8. The van der Waals surface area contributed by atoms with Gasteiger partial charge < -0.3 is 0 Å². The van der Waals surface area contributed by atoms with Gasteiger partial charge in [-0.1, -0.05) is 36.4 Å². The van der Waals surface area contributed by atoms with Crippen LogP contribution in [-0.2, 0) is 19.9 Å². The van der Waals surface area contributed by atoms with Crippen LogP contribution >= 0.6 is 0 Å². The number of sulfone groups is 1. The van der Waals surface area contributed by atoms with Crippen molar-refractivity contribution in [3.8, 4) is 0 Å². The van der Waals surface area contributed by atoms with E-state index >= 15 is 0 Å². The lowest BCUT2D eigenvalue weighted by molar-refractivity contribution is 0.249. The van der Waals surface area contributed by atoms with Gasteiger partial charge in [-0.2, -0.15) is 4.31 Å². The highest BCUT2D eigenvalue weighted by Gasteiger charge is 2.34. The Morgan fingerprint density at radius 2 is 1.48 bits per heavy atom. The van der Waals surface area contributed by atoms with E-state index in [1.54, 1.807) is 12.1 Å². The molecule has 0 amide bonds. The van der Waals surface area contributed by atoms with Gasteiger partial charge in [0.1, 0.15) is 4.90 Å². The first kappa shape index (κ1) is 18.4. The van der Waals surface area contributed by atoms with E-state index in [0.717, 1.165) is 25.5 Å². The predicted molar refractivity (Wildman–Crippen MR) is 97.4 cm³/mol. The molecule has 136 valence electrons. The molecule has 0 spiro atoms. The fraction of sp³-hybridized carbons (Fsp3) is 0.444. The lowest BCUT2D eigenvalue weighted by atomic mass is 9.83. The highest BCUT2D eigenvalue weighted by molar-refractivity contribution is 7.93. The van der Waals surface area contributed by atoms with E-state index in [2.05, 4.69) is 24.3 Å². The molecule has 5 nitrogen and oxygen atoms in total. The Bertz CT molecular complexity index is 881. The Balaban J connectivity index is 1.80. The Labute approximate surface area is 150 Å². The van der Waals surface area contributed by atoms with Crippen molar-refractivity contribution < 1.29 is 16.8 Å². The van der Waals surface area contributed by atoms with Crippen molar-refractivity contribution in [1.82, 2.24) is 4.31 Å². The SMILES string of the molecule is CS(=O)(=O)c1ccccc1S(=O)(=O)N1CCC(C2C=CCC=C2)CC1. The summed E-state index contributed by atoms with van der Waals surface area (Å²) in [5.41, 5.74) is 0. The Morgan fingerprint density at radius 3 is 2.04 bits per heavy atom. The van der Waals surface area contributed by atoms with Crippen LogP contribution in [0.5, 0.6) is 0 Å². The van der Waals surface area contributed by atoms with Crippen LogP contribution in [0.2, 0.25) is 0 Å². The van der Waals surface area contributed by atoms with E-state index in [9.17, 15) is 16.8 Å². The van der Waals surface area contributed by atoms with E-state index in [1.165, 1.54) is 16.4 Å². The molecular weight excluding hydrogens is 358 g/mol. The van der Waals surface area contributed by atoms with Gasteiger partial charge in [-0.25, -0.2) is 16.8 Å². The Hall–Kier alpha value is -1.44. The summed E-state index contributed by atoms with van der Waals surface area (Å²) in [5, 5.41) is 0.